The number of ether oxygens (including phenoxy) is 4. The van der Waals surface area contributed by atoms with Gasteiger partial charge in [-0.25, -0.2) is 4.79 Å². The van der Waals surface area contributed by atoms with E-state index in [2.05, 4.69) is 0 Å². The highest BCUT2D eigenvalue weighted by Gasteiger charge is 2.41. The summed E-state index contributed by atoms with van der Waals surface area (Å²) in [6.45, 7) is 7.97. The van der Waals surface area contributed by atoms with Gasteiger partial charge < -0.3 is 18.9 Å². The van der Waals surface area contributed by atoms with Crippen molar-refractivity contribution in [3.63, 3.8) is 0 Å². The molecule has 0 spiro atoms. The molecule has 0 amide bonds. The molecule has 122 valence electrons. The molecular weight excluding hydrogens is 284 g/mol. The number of rotatable bonds is 4. The maximum absolute atomic E-state index is 12.0. The van der Waals surface area contributed by atoms with Crippen LogP contribution in [0.4, 0.5) is 0 Å². The summed E-state index contributed by atoms with van der Waals surface area (Å²) in [5.41, 5.74) is 3.20. The Morgan fingerprint density at radius 1 is 1.18 bits per heavy atom. The van der Waals surface area contributed by atoms with E-state index in [4.69, 9.17) is 18.9 Å². The van der Waals surface area contributed by atoms with Crippen molar-refractivity contribution in [3.8, 4) is 11.5 Å². The van der Waals surface area contributed by atoms with Gasteiger partial charge in [0.1, 0.15) is 11.5 Å². The van der Waals surface area contributed by atoms with E-state index in [0.29, 0.717) is 6.42 Å². The van der Waals surface area contributed by atoms with Gasteiger partial charge in [-0.1, -0.05) is 0 Å². The fraction of sp³-hybridized carbons (Fsp3) is 0.588. The van der Waals surface area contributed by atoms with E-state index in [9.17, 15) is 4.79 Å². The Hall–Kier alpha value is -1.75. The second-order valence-corrected chi connectivity index (χ2v) is 5.89. The number of methoxy groups -OCH3 is 2. The van der Waals surface area contributed by atoms with Crippen LogP contribution in [0.15, 0.2) is 0 Å². The molecule has 1 atom stereocenters. The lowest BCUT2D eigenvalue weighted by Crippen LogP contribution is -2.45. The van der Waals surface area contributed by atoms with Crippen LogP contribution in [-0.4, -0.2) is 32.6 Å². The monoisotopic (exact) mass is 308 g/mol. The van der Waals surface area contributed by atoms with Gasteiger partial charge in [0, 0.05) is 19.1 Å². The minimum absolute atomic E-state index is 0.209. The van der Waals surface area contributed by atoms with Gasteiger partial charge in [0.05, 0.1) is 7.11 Å². The zero-order valence-electron chi connectivity index (χ0n) is 14.2. The lowest BCUT2D eigenvalue weighted by Gasteiger charge is -2.35. The molecule has 1 aromatic rings. The van der Waals surface area contributed by atoms with Crippen LogP contribution < -0.4 is 9.47 Å². The van der Waals surface area contributed by atoms with Gasteiger partial charge in [-0.15, -0.1) is 0 Å². The van der Waals surface area contributed by atoms with Crippen LogP contribution in [-0.2, 0) is 20.7 Å². The third-order valence-corrected chi connectivity index (χ3v) is 4.43. The standard InChI is InChI=1S/C17H24O5/c1-10-11(2)15-13(12(3)14(10)21-9-19-5)7-8-17(4,22-15)16(18)20-6/h7-9H2,1-6H3. The van der Waals surface area contributed by atoms with E-state index >= 15 is 0 Å². The summed E-state index contributed by atoms with van der Waals surface area (Å²) in [6.07, 6.45) is 1.33. The number of carbonyl (C=O) groups is 1. The van der Waals surface area contributed by atoms with Crippen molar-refractivity contribution in [3.05, 3.63) is 22.3 Å². The smallest absolute Gasteiger partial charge is 0.349 e. The molecule has 5 nitrogen and oxygen atoms in total. The van der Waals surface area contributed by atoms with Crippen LogP contribution in [0.25, 0.3) is 0 Å². The van der Waals surface area contributed by atoms with E-state index in [1.807, 2.05) is 20.8 Å². The number of hydrogen-bond donors (Lipinski definition) is 0. The molecule has 5 heteroatoms. The van der Waals surface area contributed by atoms with Gasteiger partial charge in [-0.05, 0) is 50.8 Å². The molecule has 1 aliphatic rings. The largest absolute Gasteiger partial charge is 0.475 e. The van der Waals surface area contributed by atoms with Crippen molar-refractivity contribution in [1.29, 1.82) is 0 Å². The normalized spacial score (nSPS) is 20.1. The number of benzene rings is 1. The highest BCUT2D eigenvalue weighted by atomic mass is 16.7. The highest BCUT2D eigenvalue weighted by molar-refractivity contribution is 5.80. The quantitative estimate of drug-likeness (QED) is 0.632. The zero-order chi connectivity index (χ0) is 16.5. The Morgan fingerprint density at radius 2 is 1.86 bits per heavy atom. The molecule has 2 rings (SSSR count). The number of hydrogen-bond acceptors (Lipinski definition) is 5. The van der Waals surface area contributed by atoms with Gasteiger partial charge >= 0.3 is 5.97 Å². The second kappa shape index (κ2) is 6.16. The topological polar surface area (TPSA) is 54.0 Å². The third-order valence-electron chi connectivity index (χ3n) is 4.43. The van der Waals surface area contributed by atoms with Crippen LogP contribution in [0.1, 0.15) is 35.6 Å². The van der Waals surface area contributed by atoms with Gasteiger partial charge in [0.15, 0.2) is 6.79 Å². The first kappa shape index (κ1) is 16.6. The molecule has 0 aliphatic carbocycles. The first-order chi connectivity index (χ1) is 10.4. The van der Waals surface area contributed by atoms with E-state index in [0.717, 1.165) is 40.2 Å². The number of esters is 1. The summed E-state index contributed by atoms with van der Waals surface area (Å²) < 4.78 is 21.7. The van der Waals surface area contributed by atoms with Crippen LogP contribution in [0.2, 0.25) is 0 Å². The molecule has 0 saturated heterocycles. The minimum Gasteiger partial charge on any atom is -0.475 e. The molecule has 0 radical (unpaired) electrons. The Balaban J connectivity index is 2.48. The summed E-state index contributed by atoms with van der Waals surface area (Å²) in [6, 6.07) is 0. The summed E-state index contributed by atoms with van der Waals surface area (Å²) in [5, 5.41) is 0. The molecule has 22 heavy (non-hydrogen) atoms. The lowest BCUT2D eigenvalue weighted by atomic mass is 9.87. The van der Waals surface area contributed by atoms with Gasteiger partial charge in [-0.3, -0.25) is 0 Å². The summed E-state index contributed by atoms with van der Waals surface area (Å²) in [5.74, 6) is 1.27. The average molecular weight is 308 g/mol. The van der Waals surface area contributed by atoms with E-state index in [1.54, 1.807) is 14.0 Å². The summed E-state index contributed by atoms with van der Waals surface area (Å²) in [7, 11) is 2.98. The maximum atomic E-state index is 12.0. The predicted octanol–water partition coefficient (Wildman–Crippen LogP) is 2.85. The summed E-state index contributed by atoms with van der Waals surface area (Å²) >= 11 is 0. The first-order valence-electron chi connectivity index (χ1n) is 7.37. The fourth-order valence-corrected chi connectivity index (χ4v) is 2.93. The van der Waals surface area contributed by atoms with Crippen molar-refractivity contribution < 1.29 is 23.7 Å². The van der Waals surface area contributed by atoms with Crippen LogP contribution in [0.3, 0.4) is 0 Å². The van der Waals surface area contributed by atoms with Gasteiger partial charge in [0.25, 0.3) is 0 Å². The van der Waals surface area contributed by atoms with Gasteiger partial charge in [-0.2, -0.15) is 0 Å². The van der Waals surface area contributed by atoms with E-state index < -0.39 is 5.60 Å². The fourth-order valence-electron chi connectivity index (χ4n) is 2.93. The molecule has 1 aliphatic heterocycles. The first-order valence-corrected chi connectivity index (χ1v) is 7.37. The van der Waals surface area contributed by atoms with Crippen molar-refractivity contribution >= 4 is 5.97 Å². The Bertz CT molecular complexity index is 593. The van der Waals surface area contributed by atoms with Gasteiger partial charge in [0.2, 0.25) is 5.60 Å². The molecular formula is C17H24O5. The van der Waals surface area contributed by atoms with Crippen molar-refractivity contribution in [2.45, 2.75) is 46.1 Å². The number of fused-ring (bicyclic) bond motifs is 1. The molecule has 0 saturated carbocycles. The predicted molar refractivity (Wildman–Crippen MR) is 82.5 cm³/mol. The van der Waals surface area contributed by atoms with Crippen molar-refractivity contribution in [2.24, 2.45) is 0 Å². The molecule has 1 heterocycles. The second-order valence-electron chi connectivity index (χ2n) is 5.89. The van der Waals surface area contributed by atoms with E-state index in [-0.39, 0.29) is 12.8 Å². The average Bonchev–Trinajstić information content (AvgIpc) is 2.51. The Labute approximate surface area is 131 Å². The third kappa shape index (κ3) is 2.65. The summed E-state index contributed by atoms with van der Waals surface area (Å²) in [4.78, 5) is 12.0. The van der Waals surface area contributed by atoms with E-state index in [1.165, 1.54) is 7.11 Å². The zero-order valence-corrected chi connectivity index (χ0v) is 14.2. The van der Waals surface area contributed by atoms with Crippen LogP contribution >= 0.6 is 0 Å². The van der Waals surface area contributed by atoms with Crippen LogP contribution in [0, 0.1) is 20.8 Å². The van der Waals surface area contributed by atoms with Crippen LogP contribution in [0.5, 0.6) is 11.5 Å². The molecule has 1 unspecified atom stereocenters. The Morgan fingerprint density at radius 3 is 2.45 bits per heavy atom. The highest BCUT2D eigenvalue weighted by Crippen LogP contribution is 2.43. The Kier molecular flexibility index (Phi) is 4.66. The molecule has 0 aromatic heterocycles. The molecule has 0 N–H and O–H groups in total. The molecule has 0 fully saturated rings. The SMILES string of the molecule is COCOc1c(C)c(C)c2c(c1C)CCC(C)(C(=O)OC)O2. The number of carbonyl (C=O) groups excluding carboxylic acids is 1. The van der Waals surface area contributed by atoms with Crippen molar-refractivity contribution in [1.82, 2.24) is 0 Å². The van der Waals surface area contributed by atoms with Crippen molar-refractivity contribution in [2.75, 3.05) is 21.0 Å². The molecule has 1 aromatic carbocycles. The lowest BCUT2D eigenvalue weighted by molar-refractivity contribution is -0.159. The minimum atomic E-state index is -0.930. The maximum Gasteiger partial charge on any atom is 0.349 e. The molecule has 0 bridgehead atoms.